The van der Waals surface area contributed by atoms with Crippen LogP contribution in [0.4, 0.5) is 0 Å². The number of nitrogens with two attached hydrogens (primary N) is 1. The minimum absolute atomic E-state index is 0.154. The molecule has 106 valence electrons. The van der Waals surface area contributed by atoms with Gasteiger partial charge < -0.3 is 5.73 Å². The molecule has 0 spiro atoms. The Balaban J connectivity index is 2.39. The van der Waals surface area contributed by atoms with Gasteiger partial charge in [-0.25, -0.2) is 8.42 Å². The van der Waals surface area contributed by atoms with Crippen molar-refractivity contribution in [2.75, 3.05) is 6.54 Å². The maximum atomic E-state index is 12.8. The highest BCUT2D eigenvalue weighted by Crippen LogP contribution is 2.29. The van der Waals surface area contributed by atoms with Gasteiger partial charge in [-0.15, -0.1) is 0 Å². The van der Waals surface area contributed by atoms with Crippen LogP contribution in [-0.4, -0.2) is 25.3 Å². The van der Waals surface area contributed by atoms with Gasteiger partial charge >= 0.3 is 0 Å². The maximum absolute atomic E-state index is 12.8. The average Bonchev–Trinajstić information content (AvgIpc) is 2.93. The van der Waals surface area contributed by atoms with E-state index in [9.17, 15) is 8.42 Å². The second-order valence-electron chi connectivity index (χ2n) is 4.96. The van der Waals surface area contributed by atoms with E-state index in [2.05, 4.69) is 0 Å². The van der Waals surface area contributed by atoms with Crippen LogP contribution in [0.5, 0.6) is 0 Å². The third-order valence-electron chi connectivity index (χ3n) is 3.82. The number of hydrogen-bond donors (Lipinski definition) is 1. The standard InChI is InChI=1S/C14H22N2O2S/c1-2-16(13-8-4-5-9-13)19(17,18)14-10-6-3-7-12(14)11-15/h3,6-7,10,13H,2,4-5,8-9,11,15H2,1H3. The molecule has 1 aromatic rings. The van der Waals surface area contributed by atoms with Gasteiger partial charge in [-0.2, -0.15) is 4.31 Å². The summed E-state index contributed by atoms with van der Waals surface area (Å²) in [6, 6.07) is 7.19. The Hall–Kier alpha value is -0.910. The topological polar surface area (TPSA) is 63.4 Å². The summed E-state index contributed by atoms with van der Waals surface area (Å²) in [7, 11) is -3.42. The molecular formula is C14H22N2O2S. The van der Waals surface area contributed by atoms with E-state index in [1.54, 1.807) is 22.5 Å². The first-order valence-corrected chi connectivity index (χ1v) is 8.35. The predicted molar refractivity (Wildman–Crippen MR) is 76.2 cm³/mol. The molecule has 0 aromatic heterocycles. The van der Waals surface area contributed by atoms with Crippen LogP contribution < -0.4 is 5.73 Å². The molecule has 1 aromatic carbocycles. The van der Waals surface area contributed by atoms with Gasteiger partial charge in [-0.3, -0.25) is 0 Å². The van der Waals surface area contributed by atoms with Gasteiger partial charge in [0.05, 0.1) is 4.90 Å². The lowest BCUT2D eigenvalue weighted by atomic mass is 10.2. The molecular weight excluding hydrogens is 260 g/mol. The van der Waals surface area contributed by atoms with E-state index in [0.29, 0.717) is 17.0 Å². The SMILES string of the molecule is CCN(C1CCCC1)S(=O)(=O)c1ccccc1CN. The van der Waals surface area contributed by atoms with Crippen molar-refractivity contribution in [1.29, 1.82) is 0 Å². The molecule has 0 atom stereocenters. The highest BCUT2D eigenvalue weighted by Gasteiger charge is 2.32. The zero-order chi connectivity index (χ0) is 13.9. The van der Waals surface area contributed by atoms with Gasteiger partial charge in [0.1, 0.15) is 0 Å². The van der Waals surface area contributed by atoms with E-state index in [4.69, 9.17) is 5.73 Å². The van der Waals surface area contributed by atoms with Gasteiger partial charge in [0.2, 0.25) is 10.0 Å². The third-order valence-corrected chi connectivity index (χ3v) is 5.95. The first-order valence-electron chi connectivity index (χ1n) is 6.91. The van der Waals surface area contributed by atoms with E-state index in [-0.39, 0.29) is 12.6 Å². The van der Waals surface area contributed by atoms with Gasteiger partial charge in [-0.05, 0) is 24.5 Å². The van der Waals surface area contributed by atoms with Crippen molar-refractivity contribution in [1.82, 2.24) is 4.31 Å². The van der Waals surface area contributed by atoms with Crippen LogP contribution >= 0.6 is 0 Å². The summed E-state index contributed by atoms with van der Waals surface area (Å²) in [4.78, 5) is 0.367. The molecule has 0 amide bonds. The molecule has 2 rings (SSSR count). The Kier molecular flexibility index (Phi) is 4.60. The predicted octanol–water partition coefficient (Wildman–Crippen LogP) is 2.10. The van der Waals surface area contributed by atoms with Gasteiger partial charge in [0, 0.05) is 19.1 Å². The highest BCUT2D eigenvalue weighted by atomic mass is 32.2. The molecule has 0 unspecified atom stereocenters. The van der Waals surface area contributed by atoms with Gasteiger partial charge in [0.15, 0.2) is 0 Å². The monoisotopic (exact) mass is 282 g/mol. The van der Waals surface area contributed by atoms with E-state index in [1.165, 1.54) is 0 Å². The van der Waals surface area contributed by atoms with Gasteiger partial charge in [-0.1, -0.05) is 38.0 Å². The first kappa shape index (κ1) is 14.5. The molecule has 0 saturated heterocycles. The number of rotatable bonds is 5. The second-order valence-corrected chi connectivity index (χ2v) is 6.82. The molecule has 1 aliphatic carbocycles. The van der Waals surface area contributed by atoms with Crippen LogP contribution in [0.2, 0.25) is 0 Å². The summed E-state index contributed by atoms with van der Waals surface area (Å²) < 4.78 is 27.2. The van der Waals surface area contributed by atoms with Crippen LogP contribution in [-0.2, 0) is 16.6 Å². The van der Waals surface area contributed by atoms with Crippen molar-refractivity contribution in [2.45, 2.75) is 50.1 Å². The Morgan fingerprint density at radius 1 is 1.26 bits per heavy atom. The zero-order valence-corrected chi connectivity index (χ0v) is 12.2. The summed E-state index contributed by atoms with van der Waals surface area (Å²) >= 11 is 0. The van der Waals surface area contributed by atoms with Crippen LogP contribution in [0.1, 0.15) is 38.2 Å². The minimum atomic E-state index is -3.42. The average molecular weight is 282 g/mol. The van der Waals surface area contributed by atoms with Crippen LogP contribution in [0, 0.1) is 0 Å². The van der Waals surface area contributed by atoms with Crippen molar-refractivity contribution >= 4 is 10.0 Å². The zero-order valence-electron chi connectivity index (χ0n) is 11.4. The van der Waals surface area contributed by atoms with E-state index in [1.807, 2.05) is 13.0 Å². The number of hydrogen-bond acceptors (Lipinski definition) is 3. The Labute approximate surface area is 115 Å². The van der Waals surface area contributed by atoms with Crippen LogP contribution in [0.25, 0.3) is 0 Å². The molecule has 0 heterocycles. The largest absolute Gasteiger partial charge is 0.326 e. The number of nitrogens with zero attached hydrogens (tertiary/aromatic N) is 1. The lowest BCUT2D eigenvalue weighted by molar-refractivity contribution is 0.335. The van der Waals surface area contributed by atoms with E-state index >= 15 is 0 Å². The van der Waals surface area contributed by atoms with E-state index < -0.39 is 10.0 Å². The lowest BCUT2D eigenvalue weighted by Gasteiger charge is -2.27. The lowest BCUT2D eigenvalue weighted by Crippen LogP contribution is -2.39. The Morgan fingerprint density at radius 3 is 2.47 bits per heavy atom. The minimum Gasteiger partial charge on any atom is -0.326 e. The molecule has 19 heavy (non-hydrogen) atoms. The molecule has 0 bridgehead atoms. The molecule has 2 N–H and O–H groups in total. The molecule has 0 aliphatic heterocycles. The first-order chi connectivity index (χ1) is 9.11. The normalized spacial score (nSPS) is 17.2. The molecule has 0 radical (unpaired) electrons. The Bertz CT molecular complexity index is 522. The summed E-state index contributed by atoms with van der Waals surface area (Å²) in [5, 5.41) is 0. The number of benzene rings is 1. The summed E-state index contributed by atoms with van der Waals surface area (Å²) in [6.07, 6.45) is 4.18. The second kappa shape index (κ2) is 6.03. The van der Waals surface area contributed by atoms with Crippen molar-refractivity contribution in [3.63, 3.8) is 0 Å². The molecule has 4 nitrogen and oxygen atoms in total. The maximum Gasteiger partial charge on any atom is 0.243 e. The van der Waals surface area contributed by atoms with Crippen LogP contribution in [0.15, 0.2) is 29.2 Å². The third kappa shape index (κ3) is 2.83. The van der Waals surface area contributed by atoms with Crippen molar-refractivity contribution in [2.24, 2.45) is 5.73 Å². The summed E-state index contributed by atoms with van der Waals surface area (Å²) in [6.45, 7) is 2.67. The molecule has 1 fully saturated rings. The Morgan fingerprint density at radius 2 is 1.89 bits per heavy atom. The fourth-order valence-corrected chi connectivity index (χ4v) is 4.80. The highest BCUT2D eigenvalue weighted by molar-refractivity contribution is 7.89. The molecule has 1 aliphatic rings. The van der Waals surface area contributed by atoms with Crippen molar-refractivity contribution in [3.05, 3.63) is 29.8 Å². The fraction of sp³-hybridized carbons (Fsp3) is 0.571. The summed E-state index contributed by atoms with van der Waals surface area (Å²) in [5.74, 6) is 0. The summed E-state index contributed by atoms with van der Waals surface area (Å²) in [5.41, 5.74) is 6.35. The van der Waals surface area contributed by atoms with Gasteiger partial charge in [0.25, 0.3) is 0 Å². The van der Waals surface area contributed by atoms with Crippen molar-refractivity contribution in [3.8, 4) is 0 Å². The fourth-order valence-electron chi connectivity index (χ4n) is 2.87. The quantitative estimate of drug-likeness (QED) is 0.899. The van der Waals surface area contributed by atoms with Crippen molar-refractivity contribution < 1.29 is 8.42 Å². The number of sulfonamides is 1. The van der Waals surface area contributed by atoms with E-state index in [0.717, 1.165) is 25.7 Å². The molecule has 5 heteroatoms. The smallest absolute Gasteiger partial charge is 0.243 e. The van der Waals surface area contributed by atoms with Crippen LogP contribution in [0.3, 0.4) is 0 Å². The molecule has 1 saturated carbocycles.